The maximum atomic E-state index is 5.37. The van der Waals surface area contributed by atoms with Gasteiger partial charge < -0.3 is 4.74 Å². The van der Waals surface area contributed by atoms with Crippen molar-refractivity contribution in [1.82, 2.24) is 0 Å². The summed E-state index contributed by atoms with van der Waals surface area (Å²) in [5, 5.41) is 0. The van der Waals surface area contributed by atoms with Crippen molar-refractivity contribution in [3.05, 3.63) is 48.0 Å². The fourth-order valence-electron chi connectivity index (χ4n) is 1.53. The van der Waals surface area contributed by atoms with Crippen molar-refractivity contribution in [2.75, 3.05) is 6.61 Å². The summed E-state index contributed by atoms with van der Waals surface area (Å²) in [4.78, 5) is 0. The molecule has 0 aromatic heterocycles. The summed E-state index contributed by atoms with van der Waals surface area (Å²) in [6.45, 7) is 4.95. The lowest BCUT2D eigenvalue weighted by Crippen LogP contribution is -2.29. The highest BCUT2D eigenvalue weighted by atomic mass is 16.5. The molecule has 0 spiro atoms. The van der Waals surface area contributed by atoms with Crippen LogP contribution >= 0.6 is 0 Å². The van der Waals surface area contributed by atoms with E-state index in [1.54, 1.807) is 0 Å². The largest absolute Gasteiger partial charge is 0.374 e. The highest BCUT2D eigenvalue weighted by molar-refractivity contribution is 5.22. The lowest BCUT2D eigenvalue weighted by Gasteiger charge is -2.28. The molecule has 1 aromatic carbocycles. The zero-order valence-electron chi connectivity index (χ0n) is 7.70. The molecule has 1 aromatic rings. The van der Waals surface area contributed by atoms with Gasteiger partial charge in [-0.3, -0.25) is 0 Å². The van der Waals surface area contributed by atoms with Gasteiger partial charge in [0.1, 0.15) is 0 Å². The Kier molecular flexibility index (Phi) is 2.46. The third kappa shape index (κ3) is 1.99. The van der Waals surface area contributed by atoms with E-state index in [2.05, 4.69) is 30.8 Å². The van der Waals surface area contributed by atoms with Crippen molar-refractivity contribution < 1.29 is 4.74 Å². The minimum atomic E-state index is 0.320. The molecule has 0 radical (unpaired) electrons. The van der Waals surface area contributed by atoms with Crippen LogP contribution in [-0.4, -0.2) is 12.7 Å². The number of hydrogen-bond acceptors (Lipinski definition) is 1. The van der Waals surface area contributed by atoms with Crippen LogP contribution in [0.15, 0.2) is 42.5 Å². The van der Waals surface area contributed by atoms with E-state index in [1.165, 1.54) is 11.1 Å². The van der Waals surface area contributed by atoms with Gasteiger partial charge >= 0.3 is 0 Å². The van der Waals surface area contributed by atoms with Crippen molar-refractivity contribution in [2.24, 2.45) is 0 Å². The summed E-state index contributed by atoms with van der Waals surface area (Å²) in [5.41, 5.74) is 2.53. The van der Waals surface area contributed by atoms with Gasteiger partial charge in [0.25, 0.3) is 0 Å². The van der Waals surface area contributed by atoms with Gasteiger partial charge in [0, 0.05) is 6.42 Å². The molecule has 1 fully saturated rings. The Bertz CT molecular complexity index is 285. The molecule has 1 unspecified atom stereocenters. The van der Waals surface area contributed by atoms with E-state index in [9.17, 15) is 0 Å². The number of benzene rings is 1. The van der Waals surface area contributed by atoms with Gasteiger partial charge in [0.2, 0.25) is 0 Å². The lowest BCUT2D eigenvalue weighted by molar-refractivity contribution is -0.0269. The Morgan fingerprint density at radius 2 is 2.08 bits per heavy atom. The first kappa shape index (κ1) is 8.52. The molecule has 2 rings (SSSR count). The molecule has 1 nitrogen and oxygen atoms in total. The van der Waals surface area contributed by atoms with Crippen molar-refractivity contribution in [2.45, 2.75) is 18.9 Å². The molecule has 0 bridgehead atoms. The Hall–Kier alpha value is -1.08. The van der Waals surface area contributed by atoms with Crippen LogP contribution in [0.2, 0.25) is 0 Å². The van der Waals surface area contributed by atoms with Crippen LogP contribution < -0.4 is 0 Å². The fourth-order valence-corrected chi connectivity index (χ4v) is 1.53. The second-order valence-electron chi connectivity index (χ2n) is 3.47. The monoisotopic (exact) mass is 174 g/mol. The second kappa shape index (κ2) is 3.75. The Labute approximate surface area is 79.0 Å². The maximum Gasteiger partial charge on any atom is 0.0807 e. The minimum absolute atomic E-state index is 0.320. The van der Waals surface area contributed by atoms with E-state index in [4.69, 9.17) is 4.74 Å². The maximum absolute atomic E-state index is 5.37. The minimum Gasteiger partial charge on any atom is -0.374 e. The highest BCUT2D eigenvalue weighted by Gasteiger charge is 2.20. The number of ether oxygens (including phenoxy) is 1. The topological polar surface area (TPSA) is 9.23 Å². The summed E-state index contributed by atoms with van der Waals surface area (Å²) < 4.78 is 5.37. The molecule has 1 aliphatic heterocycles. The average molecular weight is 174 g/mol. The van der Waals surface area contributed by atoms with E-state index >= 15 is 0 Å². The normalized spacial score (nSPS) is 20.8. The molecule has 1 heteroatoms. The molecule has 0 aliphatic carbocycles. The zero-order chi connectivity index (χ0) is 9.10. The fraction of sp³-hybridized carbons (Fsp3) is 0.333. The number of hydrogen-bond donors (Lipinski definition) is 0. The van der Waals surface area contributed by atoms with Crippen molar-refractivity contribution in [1.29, 1.82) is 0 Å². The van der Waals surface area contributed by atoms with Crippen LogP contribution in [0.5, 0.6) is 0 Å². The Morgan fingerprint density at radius 3 is 2.62 bits per heavy atom. The van der Waals surface area contributed by atoms with E-state index < -0.39 is 0 Å². The highest BCUT2D eigenvalue weighted by Crippen LogP contribution is 2.21. The molecule has 1 aliphatic rings. The summed E-state index contributed by atoms with van der Waals surface area (Å²) in [5.74, 6) is 0. The summed E-state index contributed by atoms with van der Waals surface area (Å²) >= 11 is 0. The van der Waals surface area contributed by atoms with Crippen LogP contribution in [-0.2, 0) is 11.2 Å². The molecule has 1 atom stereocenters. The van der Waals surface area contributed by atoms with Crippen LogP contribution in [0.25, 0.3) is 0 Å². The molecule has 1 heterocycles. The molecule has 13 heavy (non-hydrogen) atoms. The summed E-state index contributed by atoms with van der Waals surface area (Å²) in [6, 6.07) is 10.4. The standard InChI is InChI=1S/C12H14O/c1-10(12-7-8-13-12)9-11-5-3-2-4-6-11/h2-6,12H,1,7-9H2. The van der Waals surface area contributed by atoms with Gasteiger partial charge in [-0.1, -0.05) is 36.9 Å². The van der Waals surface area contributed by atoms with Crippen molar-refractivity contribution in [3.63, 3.8) is 0 Å². The molecular weight excluding hydrogens is 160 g/mol. The Morgan fingerprint density at radius 1 is 1.38 bits per heavy atom. The molecule has 0 saturated carbocycles. The lowest BCUT2D eigenvalue weighted by atomic mass is 9.98. The molecule has 0 N–H and O–H groups in total. The van der Waals surface area contributed by atoms with E-state index in [-0.39, 0.29) is 0 Å². The van der Waals surface area contributed by atoms with Crippen LogP contribution in [0, 0.1) is 0 Å². The summed E-state index contributed by atoms with van der Waals surface area (Å²) in [6.07, 6.45) is 2.41. The van der Waals surface area contributed by atoms with Crippen LogP contribution in [0.3, 0.4) is 0 Å². The second-order valence-corrected chi connectivity index (χ2v) is 3.47. The van der Waals surface area contributed by atoms with Gasteiger partial charge in [0.05, 0.1) is 12.7 Å². The third-order valence-electron chi connectivity index (χ3n) is 2.43. The predicted molar refractivity (Wildman–Crippen MR) is 53.6 cm³/mol. The number of rotatable bonds is 3. The Balaban J connectivity index is 1.94. The average Bonchev–Trinajstić information content (AvgIpc) is 2.02. The predicted octanol–water partition coefficient (Wildman–Crippen LogP) is 2.57. The first-order valence-corrected chi connectivity index (χ1v) is 4.69. The van der Waals surface area contributed by atoms with Crippen LogP contribution in [0.4, 0.5) is 0 Å². The van der Waals surface area contributed by atoms with Gasteiger partial charge in [-0.2, -0.15) is 0 Å². The molecule has 1 saturated heterocycles. The van der Waals surface area contributed by atoms with Crippen molar-refractivity contribution >= 4 is 0 Å². The first-order valence-electron chi connectivity index (χ1n) is 4.69. The molecule has 68 valence electrons. The smallest absolute Gasteiger partial charge is 0.0807 e. The van der Waals surface area contributed by atoms with E-state index in [0.717, 1.165) is 19.4 Å². The van der Waals surface area contributed by atoms with Crippen molar-refractivity contribution in [3.8, 4) is 0 Å². The van der Waals surface area contributed by atoms with Gasteiger partial charge in [-0.15, -0.1) is 0 Å². The van der Waals surface area contributed by atoms with Gasteiger partial charge in [-0.05, 0) is 17.6 Å². The first-order chi connectivity index (χ1) is 6.36. The van der Waals surface area contributed by atoms with Crippen LogP contribution in [0.1, 0.15) is 12.0 Å². The van der Waals surface area contributed by atoms with E-state index in [0.29, 0.717) is 6.10 Å². The zero-order valence-corrected chi connectivity index (χ0v) is 7.70. The van der Waals surface area contributed by atoms with Gasteiger partial charge in [0.15, 0.2) is 0 Å². The molecular formula is C12H14O. The van der Waals surface area contributed by atoms with E-state index in [1.807, 2.05) is 6.07 Å². The SMILES string of the molecule is C=C(Cc1ccccc1)C1CCO1. The third-order valence-corrected chi connectivity index (χ3v) is 2.43. The molecule has 0 amide bonds. The van der Waals surface area contributed by atoms with Gasteiger partial charge in [-0.25, -0.2) is 0 Å². The quantitative estimate of drug-likeness (QED) is 0.640. The summed E-state index contributed by atoms with van der Waals surface area (Å²) in [7, 11) is 0.